The number of halogens is 1. The van der Waals surface area contributed by atoms with Crippen LogP contribution < -0.4 is 10.1 Å². The van der Waals surface area contributed by atoms with Crippen molar-refractivity contribution in [2.24, 2.45) is 0 Å². The van der Waals surface area contributed by atoms with Gasteiger partial charge in [-0.25, -0.2) is 0 Å². The van der Waals surface area contributed by atoms with E-state index in [1.54, 1.807) is 18.3 Å². The third-order valence-electron chi connectivity index (χ3n) is 3.31. The molecule has 2 aromatic carbocycles. The maximum atomic E-state index is 12.4. The van der Waals surface area contributed by atoms with Crippen molar-refractivity contribution < 1.29 is 9.53 Å². The summed E-state index contributed by atoms with van der Waals surface area (Å²) in [5.74, 6) is 0.594. The van der Waals surface area contributed by atoms with Gasteiger partial charge in [-0.15, -0.1) is 0 Å². The predicted molar refractivity (Wildman–Crippen MR) is 88.9 cm³/mol. The number of rotatable bonds is 4. The molecular weight excluding hydrogens is 300 g/mol. The Morgan fingerprint density at radius 3 is 2.73 bits per heavy atom. The Hall–Kier alpha value is -2.46. The summed E-state index contributed by atoms with van der Waals surface area (Å²) in [5, 5.41) is 4.27. The van der Waals surface area contributed by atoms with Crippen LogP contribution in [-0.2, 0) is 0 Å². The van der Waals surface area contributed by atoms with E-state index in [4.69, 9.17) is 16.3 Å². The lowest BCUT2D eigenvalue weighted by Crippen LogP contribution is -2.11. The Bertz CT molecular complexity index is 809. The van der Waals surface area contributed by atoms with Crippen molar-refractivity contribution in [1.82, 2.24) is 4.98 Å². The van der Waals surface area contributed by atoms with Gasteiger partial charge >= 0.3 is 0 Å². The van der Waals surface area contributed by atoms with Crippen LogP contribution in [-0.4, -0.2) is 17.5 Å². The zero-order valence-electron chi connectivity index (χ0n) is 12.0. The molecule has 0 saturated carbocycles. The van der Waals surface area contributed by atoms with Crippen molar-refractivity contribution in [3.63, 3.8) is 0 Å². The number of fused-ring (bicyclic) bond motifs is 1. The van der Waals surface area contributed by atoms with Crippen LogP contribution in [0.5, 0.6) is 5.75 Å². The zero-order valence-corrected chi connectivity index (χ0v) is 12.8. The van der Waals surface area contributed by atoms with Crippen LogP contribution in [0.15, 0.2) is 48.7 Å². The van der Waals surface area contributed by atoms with E-state index in [1.807, 2.05) is 37.3 Å². The minimum atomic E-state index is -0.183. The monoisotopic (exact) mass is 314 g/mol. The highest BCUT2D eigenvalue weighted by molar-refractivity contribution is 6.31. The summed E-state index contributed by atoms with van der Waals surface area (Å²) in [6.45, 7) is 2.54. The number of H-pyrrole nitrogens is 1. The third-order valence-corrected chi connectivity index (χ3v) is 3.55. The van der Waals surface area contributed by atoms with Gasteiger partial charge in [0.05, 0.1) is 12.2 Å². The van der Waals surface area contributed by atoms with E-state index < -0.39 is 0 Å². The smallest absolute Gasteiger partial charge is 0.257 e. The fraction of sp³-hybridized carbons (Fsp3) is 0.118. The first-order valence-corrected chi connectivity index (χ1v) is 7.36. The molecule has 112 valence electrons. The SMILES string of the molecule is CCOc1ccc(NC(=O)c2c[nH]c3ccc(Cl)cc23)cc1. The quantitative estimate of drug-likeness (QED) is 0.746. The molecule has 0 aliphatic heterocycles. The minimum absolute atomic E-state index is 0.183. The molecule has 0 spiro atoms. The lowest BCUT2D eigenvalue weighted by atomic mass is 10.1. The van der Waals surface area contributed by atoms with E-state index in [0.29, 0.717) is 22.9 Å². The van der Waals surface area contributed by atoms with Crippen molar-refractivity contribution in [3.05, 3.63) is 59.2 Å². The number of carbonyl (C=O) groups excluding carboxylic acids is 1. The Balaban J connectivity index is 1.82. The number of hydrogen-bond donors (Lipinski definition) is 2. The molecule has 1 aromatic heterocycles. The first-order valence-electron chi connectivity index (χ1n) is 6.98. The van der Waals surface area contributed by atoms with Crippen LogP contribution in [0.1, 0.15) is 17.3 Å². The molecule has 0 radical (unpaired) electrons. The second-order valence-electron chi connectivity index (χ2n) is 4.80. The summed E-state index contributed by atoms with van der Waals surface area (Å²) < 4.78 is 5.38. The molecule has 0 aliphatic carbocycles. The number of ether oxygens (including phenoxy) is 1. The van der Waals surface area contributed by atoms with Crippen LogP contribution in [0.3, 0.4) is 0 Å². The number of benzene rings is 2. The van der Waals surface area contributed by atoms with Crippen LogP contribution in [0.4, 0.5) is 5.69 Å². The molecule has 0 saturated heterocycles. The van der Waals surface area contributed by atoms with E-state index >= 15 is 0 Å². The second-order valence-corrected chi connectivity index (χ2v) is 5.24. The summed E-state index contributed by atoms with van der Waals surface area (Å²) in [6, 6.07) is 12.7. The second kappa shape index (κ2) is 6.12. The fourth-order valence-corrected chi connectivity index (χ4v) is 2.45. The van der Waals surface area contributed by atoms with Gasteiger partial charge in [0.1, 0.15) is 5.75 Å². The molecule has 22 heavy (non-hydrogen) atoms. The number of aromatic amines is 1. The largest absolute Gasteiger partial charge is 0.494 e. The summed E-state index contributed by atoms with van der Waals surface area (Å²) >= 11 is 6.00. The number of amides is 1. The van der Waals surface area contributed by atoms with Crippen LogP contribution in [0.2, 0.25) is 5.02 Å². The van der Waals surface area contributed by atoms with Gasteiger partial charge in [0, 0.05) is 27.8 Å². The van der Waals surface area contributed by atoms with Crippen molar-refractivity contribution in [2.45, 2.75) is 6.92 Å². The first-order chi connectivity index (χ1) is 10.7. The molecule has 2 N–H and O–H groups in total. The number of aromatic nitrogens is 1. The standard InChI is InChI=1S/C17H15ClN2O2/c1-2-22-13-6-4-12(5-7-13)20-17(21)15-10-19-16-8-3-11(18)9-14(15)16/h3-10,19H,2H2,1H3,(H,20,21). The third kappa shape index (κ3) is 2.92. The molecule has 1 heterocycles. The van der Waals surface area contributed by atoms with Gasteiger partial charge in [0.15, 0.2) is 0 Å². The molecule has 3 aromatic rings. The molecule has 0 unspecified atom stereocenters. The number of hydrogen-bond acceptors (Lipinski definition) is 2. The molecule has 0 bridgehead atoms. The van der Waals surface area contributed by atoms with Gasteiger partial charge in [-0.3, -0.25) is 4.79 Å². The highest BCUT2D eigenvalue weighted by atomic mass is 35.5. The lowest BCUT2D eigenvalue weighted by Gasteiger charge is -2.06. The Morgan fingerprint density at radius 2 is 2.00 bits per heavy atom. The maximum absolute atomic E-state index is 12.4. The van der Waals surface area contributed by atoms with Crippen molar-refractivity contribution in [1.29, 1.82) is 0 Å². The first kappa shape index (κ1) is 14.5. The highest BCUT2D eigenvalue weighted by Gasteiger charge is 2.12. The molecule has 0 atom stereocenters. The average Bonchev–Trinajstić information content (AvgIpc) is 2.92. The van der Waals surface area contributed by atoms with Crippen molar-refractivity contribution >= 4 is 34.1 Å². The van der Waals surface area contributed by atoms with E-state index in [0.717, 1.165) is 16.7 Å². The van der Waals surface area contributed by atoms with Gasteiger partial charge < -0.3 is 15.0 Å². The van der Waals surface area contributed by atoms with E-state index in [1.165, 1.54) is 0 Å². The normalized spacial score (nSPS) is 10.6. The fourth-order valence-electron chi connectivity index (χ4n) is 2.28. The number of nitrogens with one attached hydrogen (secondary N) is 2. The van der Waals surface area contributed by atoms with Crippen molar-refractivity contribution in [3.8, 4) is 5.75 Å². The van der Waals surface area contributed by atoms with E-state index in [-0.39, 0.29) is 5.91 Å². The summed E-state index contributed by atoms with van der Waals surface area (Å²) in [5.41, 5.74) is 2.15. The summed E-state index contributed by atoms with van der Waals surface area (Å²) in [4.78, 5) is 15.5. The van der Waals surface area contributed by atoms with Crippen LogP contribution in [0.25, 0.3) is 10.9 Å². The van der Waals surface area contributed by atoms with Crippen LogP contribution >= 0.6 is 11.6 Å². The van der Waals surface area contributed by atoms with Gasteiger partial charge in [-0.05, 0) is 49.4 Å². The highest BCUT2D eigenvalue weighted by Crippen LogP contribution is 2.23. The average molecular weight is 315 g/mol. The lowest BCUT2D eigenvalue weighted by molar-refractivity contribution is 0.102. The Kier molecular flexibility index (Phi) is 4.02. The van der Waals surface area contributed by atoms with Gasteiger partial charge in [-0.1, -0.05) is 11.6 Å². The molecule has 0 aliphatic rings. The van der Waals surface area contributed by atoms with Crippen LogP contribution in [0, 0.1) is 0 Å². The number of carbonyl (C=O) groups is 1. The van der Waals surface area contributed by atoms with Gasteiger partial charge in [0.2, 0.25) is 0 Å². The van der Waals surface area contributed by atoms with Gasteiger partial charge in [0.25, 0.3) is 5.91 Å². The predicted octanol–water partition coefficient (Wildman–Crippen LogP) is 4.47. The minimum Gasteiger partial charge on any atom is -0.494 e. The molecule has 0 fully saturated rings. The Labute approximate surface area is 133 Å². The molecule has 4 nitrogen and oxygen atoms in total. The number of anilines is 1. The molecule has 3 rings (SSSR count). The van der Waals surface area contributed by atoms with E-state index in [2.05, 4.69) is 10.3 Å². The topological polar surface area (TPSA) is 54.1 Å². The Morgan fingerprint density at radius 1 is 1.23 bits per heavy atom. The maximum Gasteiger partial charge on any atom is 0.257 e. The molecule has 5 heteroatoms. The van der Waals surface area contributed by atoms with Gasteiger partial charge in [-0.2, -0.15) is 0 Å². The van der Waals surface area contributed by atoms with Crippen molar-refractivity contribution in [2.75, 3.05) is 11.9 Å². The molecule has 1 amide bonds. The molecular formula is C17H15ClN2O2. The zero-order chi connectivity index (χ0) is 15.5. The van der Waals surface area contributed by atoms with E-state index in [9.17, 15) is 4.79 Å². The summed E-state index contributed by atoms with van der Waals surface area (Å²) in [7, 11) is 0. The summed E-state index contributed by atoms with van der Waals surface area (Å²) in [6.07, 6.45) is 1.69.